The third-order valence-electron chi connectivity index (χ3n) is 4.78. The lowest BCUT2D eigenvalue weighted by Crippen LogP contribution is -2.71. The van der Waals surface area contributed by atoms with Gasteiger partial charge in [0.25, 0.3) is 0 Å². The van der Waals surface area contributed by atoms with Crippen molar-refractivity contribution >= 4 is 11.8 Å². The maximum absolute atomic E-state index is 12.8. The summed E-state index contributed by atoms with van der Waals surface area (Å²) in [5.74, 6) is -0.0178. The number of piperazine rings is 1. The first-order valence-electron chi connectivity index (χ1n) is 7.71. The van der Waals surface area contributed by atoms with Gasteiger partial charge in [0, 0.05) is 6.61 Å². The van der Waals surface area contributed by atoms with Crippen molar-refractivity contribution in [3.8, 4) is 0 Å². The van der Waals surface area contributed by atoms with Crippen LogP contribution in [0.2, 0.25) is 0 Å². The quantitative estimate of drug-likeness (QED) is 0.849. The highest BCUT2D eigenvalue weighted by molar-refractivity contribution is 5.99. The van der Waals surface area contributed by atoms with Crippen molar-refractivity contribution in [2.24, 2.45) is 0 Å². The third kappa shape index (κ3) is 2.43. The average Bonchev–Trinajstić information content (AvgIpc) is 2.95. The van der Waals surface area contributed by atoms with Crippen LogP contribution in [0, 0.1) is 0 Å². The number of hydrogen-bond donors (Lipinski definition) is 1. The third-order valence-corrected chi connectivity index (χ3v) is 4.78. The molecule has 0 aromatic heterocycles. The second-order valence-corrected chi connectivity index (χ2v) is 6.10. The van der Waals surface area contributed by atoms with Crippen LogP contribution < -0.4 is 5.32 Å². The van der Waals surface area contributed by atoms with Gasteiger partial charge >= 0.3 is 0 Å². The van der Waals surface area contributed by atoms with Crippen LogP contribution in [0.25, 0.3) is 0 Å². The first kappa shape index (κ1) is 15.3. The van der Waals surface area contributed by atoms with Gasteiger partial charge in [-0.05, 0) is 39.5 Å². The average molecular weight is 282 g/mol. The van der Waals surface area contributed by atoms with Crippen molar-refractivity contribution in [1.82, 2.24) is 10.2 Å². The van der Waals surface area contributed by atoms with Crippen LogP contribution in [0.5, 0.6) is 0 Å². The van der Waals surface area contributed by atoms with Crippen molar-refractivity contribution < 1.29 is 14.3 Å². The van der Waals surface area contributed by atoms with Crippen LogP contribution in [-0.2, 0) is 14.3 Å². The molecule has 2 saturated heterocycles. The Bertz CT molecular complexity index is 393. The van der Waals surface area contributed by atoms with E-state index in [1.807, 2.05) is 27.7 Å². The fraction of sp³-hybridized carbons (Fsp3) is 0.867. The zero-order valence-electron chi connectivity index (χ0n) is 12.9. The molecule has 5 heteroatoms. The topological polar surface area (TPSA) is 58.6 Å². The highest BCUT2D eigenvalue weighted by Gasteiger charge is 2.49. The zero-order valence-corrected chi connectivity index (χ0v) is 12.9. The van der Waals surface area contributed by atoms with Gasteiger partial charge in [-0.2, -0.15) is 0 Å². The van der Waals surface area contributed by atoms with Gasteiger partial charge < -0.3 is 15.0 Å². The lowest BCUT2D eigenvalue weighted by molar-refractivity contribution is -0.160. The smallest absolute Gasteiger partial charge is 0.249 e. The maximum atomic E-state index is 12.8. The second-order valence-electron chi connectivity index (χ2n) is 6.10. The second kappa shape index (κ2) is 5.72. The Kier molecular flexibility index (Phi) is 4.37. The molecule has 0 radical (unpaired) electrons. The molecule has 4 atom stereocenters. The summed E-state index contributed by atoms with van der Waals surface area (Å²) in [6.07, 6.45) is 3.29. The number of carbonyl (C=O) groups is 2. The molecule has 0 aliphatic carbocycles. The molecular weight excluding hydrogens is 256 g/mol. The molecule has 1 N–H and O–H groups in total. The number of nitrogens with one attached hydrogen (secondary N) is 1. The summed E-state index contributed by atoms with van der Waals surface area (Å²) in [7, 11) is 0. The van der Waals surface area contributed by atoms with Crippen LogP contribution in [0.3, 0.4) is 0 Å². The summed E-state index contributed by atoms with van der Waals surface area (Å²) in [6, 6.07) is -0.423. The molecule has 2 aliphatic rings. The van der Waals surface area contributed by atoms with Crippen molar-refractivity contribution in [3.63, 3.8) is 0 Å². The number of amides is 2. The highest BCUT2D eigenvalue weighted by atomic mass is 16.5. The van der Waals surface area contributed by atoms with E-state index in [9.17, 15) is 9.59 Å². The molecule has 5 nitrogen and oxygen atoms in total. The minimum Gasteiger partial charge on any atom is -0.376 e. The van der Waals surface area contributed by atoms with Crippen LogP contribution >= 0.6 is 0 Å². The Balaban J connectivity index is 2.28. The molecule has 0 saturated carbocycles. The first-order chi connectivity index (χ1) is 9.44. The van der Waals surface area contributed by atoms with Crippen LogP contribution in [0.4, 0.5) is 0 Å². The lowest BCUT2D eigenvalue weighted by Gasteiger charge is -2.47. The summed E-state index contributed by atoms with van der Waals surface area (Å²) in [5.41, 5.74) is -0.782. The number of nitrogens with zero attached hydrogens (tertiary/aromatic N) is 1. The molecule has 2 amide bonds. The zero-order chi connectivity index (χ0) is 14.9. The summed E-state index contributed by atoms with van der Waals surface area (Å²) in [4.78, 5) is 27.0. The molecule has 0 aromatic carbocycles. The van der Waals surface area contributed by atoms with Gasteiger partial charge in [0.15, 0.2) is 0 Å². The van der Waals surface area contributed by atoms with E-state index < -0.39 is 5.54 Å². The van der Waals surface area contributed by atoms with Gasteiger partial charge in [0.05, 0.1) is 12.1 Å². The molecular formula is C15H26N2O3. The van der Waals surface area contributed by atoms with E-state index >= 15 is 0 Å². The van der Waals surface area contributed by atoms with Gasteiger partial charge in [-0.3, -0.25) is 9.59 Å². The standard InChI is InChI=1S/C15H26N2O3/c1-5-11-13(18)16-15(4,6-2)14(19)17(11)10(3)12-8-7-9-20-12/h10-12H,5-9H2,1-4H3,(H,16,18). The van der Waals surface area contributed by atoms with Crippen LogP contribution in [0.1, 0.15) is 53.4 Å². The van der Waals surface area contributed by atoms with Gasteiger partial charge in [-0.15, -0.1) is 0 Å². The highest BCUT2D eigenvalue weighted by Crippen LogP contribution is 2.29. The normalized spacial score (nSPS) is 36.1. The Morgan fingerprint density at radius 1 is 1.45 bits per heavy atom. The molecule has 2 heterocycles. The summed E-state index contributed by atoms with van der Waals surface area (Å²) < 4.78 is 5.72. The largest absolute Gasteiger partial charge is 0.376 e. The minimum atomic E-state index is -0.782. The predicted octanol–water partition coefficient (Wildman–Crippen LogP) is 1.46. The van der Waals surface area contributed by atoms with Gasteiger partial charge in [0.2, 0.25) is 11.8 Å². The first-order valence-corrected chi connectivity index (χ1v) is 7.71. The van der Waals surface area contributed by atoms with Crippen LogP contribution in [0.15, 0.2) is 0 Å². The van der Waals surface area contributed by atoms with Gasteiger partial charge in [0.1, 0.15) is 11.6 Å². The van der Waals surface area contributed by atoms with E-state index in [4.69, 9.17) is 4.74 Å². The maximum Gasteiger partial charge on any atom is 0.249 e. The van der Waals surface area contributed by atoms with Gasteiger partial charge in [-0.1, -0.05) is 13.8 Å². The molecule has 0 spiro atoms. The molecule has 2 rings (SSSR count). The van der Waals surface area contributed by atoms with Crippen molar-refractivity contribution in [2.45, 2.75) is 77.1 Å². The number of hydrogen-bond acceptors (Lipinski definition) is 3. The molecule has 114 valence electrons. The van der Waals surface area contributed by atoms with E-state index in [1.54, 1.807) is 4.90 Å². The van der Waals surface area contributed by atoms with E-state index in [1.165, 1.54) is 0 Å². The van der Waals surface area contributed by atoms with E-state index in [-0.39, 0.29) is 30.0 Å². The van der Waals surface area contributed by atoms with E-state index in [0.29, 0.717) is 12.8 Å². The Morgan fingerprint density at radius 2 is 2.15 bits per heavy atom. The SMILES string of the molecule is CCC1C(=O)NC(C)(CC)C(=O)N1C(C)C1CCCO1. The molecule has 0 aromatic rings. The van der Waals surface area contributed by atoms with Crippen molar-refractivity contribution in [2.75, 3.05) is 6.61 Å². The fourth-order valence-electron chi connectivity index (χ4n) is 3.21. The Morgan fingerprint density at radius 3 is 2.65 bits per heavy atom. The number of ether oxygens (including phenoxy) is 1. The monoisotopic (exact) mass is 282 g/mol. The molecule has 4 unspecified atom stereocenters. The number of carbonyl (C=O) groups excluding carboxylic acids is 2. The number of rotatable bonds is 4. The summed E-state index contributed by atoms with van der Waals surface area (Å²) in [5, 5.41) is 2.90. The van der Waals surface area contributed by atoms with E-state index in [0.717, 1.165) is 19.4 Å². The summed E-state index contributed by atoms with van der Waals surface area (Å²) >= 11 is 0. The van der Waals surface area contributed by atoms with E-state index in [2.05, 4.69) is 5.32 Å². The van der Waals surface area contributed by atoms with Crippen LogP contribution in [-0.4, -0.2) is 47.0 Å². The predicted molar refractivity (Wildman–Crippen MR) is 76.2 cm³/mol. The molecule has 0 bridgehead atoms. The minimum absolute atomic E-state index is 0.0226. The van der Waals surface area contributed by atoms with Gasteiger partial charge in [-0.25, -0.2) is 0 Å². The lowest BCUT2D eigenvalue weighted by atomic mass is 9.89. The molecule has 2 fully saturated rings. The Labute approximate surface area is 121 Å². The molecule has 20 heavy (non-hydrogen) atoms. The van der Waals surface area contributed by atoms with Crippen molar-refractivity contribution in [3.05, 3.63) is 0 Å². The van der Waals surface area contributed by atoms with Crippen molar-refractivity contribution in [1.29, 1.82) is 0 Å². The fourth-order valence-corrected chi connectivity index (χ4v) is 3.21. The molecule has 2 aliphatic heterocycles. The summed E-state index contributed by atoms with van der Waals surface area (Å²) in [6.45, 7) is 8.45. The Hall–Kier alpha value is -1.10.